The maximum atomic E-state index is 14.3. The molecule has 256 valence electrons. The number of allylic oxidation sites excluding steroid dienone is 2. The zero-order valence-corrected chi connectivity index (χ0v) is 28.3. The van der Waals surface area contributed by atoms with Crippen molar-refractivity contribution in [2.45, 2.75) is 72.4 Å². The quantitative estimate of drug-likeness (QED) is 0.182. The molecule has 4 N–H and O–H groups in total. The van der Waals surface area contributed by atoms with Crippen molar-refractivity contribution in [3.8, 4) is 11.4 Å². The number of halogens is 2. The summed E-state index contributed by atoms with van der Waals surface area (Å²) in [6.45, 7) is 9.36. The maximum Gasteiger partial charge on any atom is 0.249 e. The minimum Gasteiger partial charge on any atom is -0.391 e. The molecule has 2 aromatic carbocycles. The van der Waals surface area contributed by atoms with Crippen LogP contribution in [0.5, 0.6) is 0 Å². The molecule has 1 aromatic heterocycles. The molecule has 0 spiro atoms. The third kappa shape index (κ3) is 8.99. The van der Waals surface area contributed by atoms with Crippen LogP contribution in [0, 0.1) is 23.0 Å². The van der Waals surface area contributed by atoms with Gasteiger partial charge < -0.3 is 21.1 Å². The third-order valence-corrected chi connectivity index (χ3v) is 8.86. The molecule has 1 heterocycles. The van der Waals surface area contributed by atoms with Gasteiger partial charge in [-0.15, -0.1) is 0 Å². The molecule has 3 aromatic rings. The van der Waals surface area contributed by atoms with Gasteiger partial charge in [0.15, 0.2) is 5.82 Å². The number of nitrogens with two attached hydrogens (primary N) is 1. The number of benzene rings is 2. The van der Waals surface area contributed by atoms with Crippen molar-refractivity contribution in [1.29, 1.82) is 0 Å². The normalized spacial score (nSPS) is 17.3. The Morgan fingerprint density at radius 2 is 1.67 bits per heavy atom. The summed E-state index contributed by atoms with van der Waals surface area (Å²) in [6.07, 6.45) is 8.19. The summed E-state index contributed by atoms with van der Waals surface area (Å²) in [6, 6.07) is 10.9. The lowest BCUT2D eigenvalue weighted by Gasteiger charge is -2.42. The number of aliphatic hydroxyl groups is 1. The van der Waals surface area contributed by atoms with Crippen molar-refractivity contribution in [1.82, 2.24) is 20.2 Å². The standard InChI is InChI=1S/C38H47F2N5O3/c1-5-11-45(12-6-2)36(47)30-13-25(4)19-38(20-30,37(41)48)33(17-28-15-31(39)18-32(40)16-28)34(46)24-42-21-27-9-8-10-29(14-27)35-43-22-26(7-3)23-44-35/h8-10,13-16,18-19,22-23,33-34,42,46H,5-7,11-12,17,20-21,24H2,1-4H3,(H2,41,48)/t33-,34+,38?/m1/s1. The van der Waals surface area contributed by atoms with Gasteiger partial charge in [-0.2, -0.15) is 0 Å². The van der Waals surface area contributed by atoms with E-state index in [1.807, 2.05) is 57.4 Å². The first-order valence-electron chi connectivity index (χ1n) is 16.7. The predicted molar refractivity (Wildman–Crippen MR) is 183 cm³/mol. The number of carbonyl (C=O) groups is 2. The molecule has 10 heteroatoms. The number of nitrogens with one attached hydrogen (secondary N) is 1. The summed E-state index contributed by atoms with van der Waals surface area (Å²) in [5.41, 5.74) is 8.81. The summed E-state index contributed by atoms with van der Waals surface area (Å²) in [5, 5.41) is 15.1. The van der Waals surface area contributed by atoms with Gasteiger partial charge in [-0.25, -0.2) is 18.7 Å². The molecule has 1 unspecified atom stereocenters. The number of amides is 2. The van der Waals surface area contributed by atoms with Crippen LogP contribution in [-0.2, 0) is 29.0 Å². The Hall–Kier alpha value is -4.28. The van der Waals surface area contributed by atoms with Crippen LogP contribution in [0.15, 0.2) is 78.2 Å². The van der Waals surface area contributed by atoms with Crippen LogP contribution in [0.25, 0.3) is 11.4 Å². The van der Waals surface area contributed by atoms with Crippen molar-refractivity contribution < 1.29 is 23.5 Å². The molecule has 1 aliphatic carbocycles. The number of hydrogen-bond donors (Lipinski definition) is 3. The molecule has 0 radical (unpaired) electrons. The van der Waals surface area contributed by atoms with E-state index in [2.05, 4.69) is 15.3 Å². The van der Waals surface area contributed by atoms with Gasteiger partial charge in [-0.3, -0.25) is 9.59 Å². The average molecular weight is 660 g/mol. The molecule has 0 aliphatic heterocycles. The second-order valence-corrected chi connectivity index (χ2v) is 12.7. The largest absolute Gasteiger partial charge is 0.391 e. The van der Waals surface area contributed by atoms with E-state index in [-0.39, 0.29) is 30.9 Å². The van der Waals surface area contributed by atoms with Gasteiger partial charge in [-0.1, -0.05) is 56.7 Å². The van der Waals surface area contributed by atoms with Crippen LogP contribution >= 0.6 is 0 Å². The molecular formula is C38H47F2N5O3. The Balaban J connectivity index is 1.62. The Kier molecular flexibility index (Phi) is 12.7. The Labute approximate surface area is 282 Å². The van der Waals surface area contributed by atoms with Crippen LogP contribution < -0.4 is 11.1 Å². The van der Waals surface area contributed by atoms with Crippen LogP contribution in [0.1, 0.15) is 63.6 Å². The summed E-state index contributed by atoms with van der Waals surface area (Å²) >= 11 is 0. The zero-order valence-electron chi connectivity index (χ0n) is 28.3. The van der Waals surface area contributed by atoms with Crippen LogP contribution in [-0.4, -0.2) is 57.5 Å². The lowest BCUT2D eigenvalue weighted by atomic mass is 9.63. The average Bonchev–Trinajstić information content (AvgIpc) is 3.06. The highest BCUT2D eigenvalue weighted by atomic mass is 19.1. The number of aliphatic hydroxyl groups excluding tert-OH is 1. The summed E-state index contributed by atoms with van der Waals surface area (Å²) in [5.74, 6) is -2.75. The van der Waals surface area contributed by atoms with Gasteiger partial charge >= 0.3 is 0 Å². The number of nitrogens with zero attached hydrogens (tertiary/aromatic N) is 3. The lowest BCUT2D eigenvalue weighted by Crippen LogP contribution is -2.51. The maximum absolute atomic E-state index is 14.3. The second-order valence-electron chi connectivity index (χ2n) is 12.7. The van der Waals surface area contributed by atoms with Gasteiger partial charge in [0.25, 0.3) is 0 Å². The SMILES string of the molecule is CCCN(CCC)C(=O)C1=CC(C)=CC(C(N)=O)([C@H](Cc2cc(F)cc(F)c2)[C@@H](O)CNCc2cccc(-c3ncc(CC)cn3)c2)C1. The number of aryl methyl sites for hydroxylation is 1. The van der Waals surface area contributed by atoms with Crippen LogP contribution in [0.2, 0.25) is 0 Å². The first kappa shape index (κ1) is 36.6. The van der Waals surface area contributed by atoms with E-state index in [4.69, 9.17) is 5.73 Å². The second kappa shape index (κ2) is 16.7. The molecule has 48 heavy (non-hydrogen) atoms. The smallest absolute Gasteiger partial charge is 0.249 e. The minimum absolute atomic E-state index is 0.0408. The van der Waals surface area contributed by atoms with Crippen molar-refractivity contribution in [2.24, 2.45) is 17.1 Å². The fourth-order valence-corrected chi connectivity index (χ4v) is 6.57. The van der Waals surface area contributed by atoms with E-state index in [1.54, 1.807) is 24.0 Å². The summed E-state index contributed by atoms with van der Waals surface area (Å²) in [7, 11) is 0. The van der Waals surface area contributed by atoms with Crippen LogP contribution in [0.4, 0.5) is 8.78 Å². The van der Waals surface area contributed by atoms with E-state index < -0.39 is 35.0 Å². The molecule has 0 saturated heterocycles. The molecule has 0 bridgehead atoms. The first-order valence-corrected chi connectivity index (χ1v) is 16.7. The predicted octanol–water partition coefficient (Wildman–Crippen LogP) is 5.69. The van der Waals surface area contributed by atoms with Crippen molar-refractivity contribution in [3.05, 3.63) is 106 Å². The lowest BCUT2D eigenvalue weighted by molar-refractivity contribution is -0.132. The summed E-state index contributed by atoms with van der Waals surface area (Å²) < 4.78 is 28.7. The van der Waals surface area contributed by atoms with Crippen molar-refractivity contribution in [3.63, 3.8) is 0 Å². The van der Waals surface area contributed by atoms with Crippen molar-refractivity contribution in [2.75, 3.05) is 19.6 Å². The molecular weight excluding hydrogens is 612 g/mol. The highest BCUT2D eigenvalue weighted by molar-refractivity contribution is 5.97. The Bertz CT molecular complexity index is 1620. The fourth-order valence-electron chi connectivity index (χ4n) is 6.57. The molecule has 2 amide bonds. The number of rotatable bonds is 16. The fraction of sp³-hybridized carbons (Fsp3) is 0.421. The van der Waals surface area contributed by atoms with Crippen molar-refractivity contribution >= 4 is 11.8 Å². The monoisotopic (exact) mass is 659 g/mol. The van der Waals surface area contributed by atoms with E-state index in [1.165, 1.54) is 12.1 Å². The third-order valence-electron chi connectivity index (χ3n) is 8.86. The van der Waals surface area contributed by atoms with Gasteiger partial charge in [0.2, 0.25) is 11.8 Å². The number of aromatic nitrogens is 2. The van der Waals surface area contributed by atoms with Gasteiger partial charge in [0.1, 0.15) is 11.6 Å². The molecule has 0 saturated carbocycles. The topological polar surface area (TPSA) is 121 Å². The molecule has 0 fully saturated rings. The Morgan fingerprint density at radius 1 is 1.00 bits per heavy atom. The first-order chi connectivity index (χ1) is 23.0. The number of hydrogen-bond acceptors (Lipinski definition) is 6. The molecule has 3 atom stereocenters. The van der Waals surface area contributed by atoms with E-state index in [9.17, 15) is 23.5 Å². The summed E-state index contributed by atoms with van der Waals surface area (Å²) in [4.78, 5) is 38.0. The molecule has 1 aliphatic rings. The highest BCUT2D eigenvalue weighted by Gasteiger charge is 2.48. The minimum atomic E-state index is -1.50. The molecule has 4 rings (SSSR count). The number of carbonyl (C=O) groups excluding carboxylic acids is 2. The van der Waals surface area contributed by atoms with Gasteiger partial charge in [0.05, 0.1) is 11.5 Å². The molecule has 8 nitrogen and oxygen atoms in total. The van der Waals surface area contributed by atoms with Gasteiger partial charge in [-0.05, 0) is 73.9 Å². The van der Waals surface area contributed by atoms with E-state index in [0.717, 1.165) is 42.0 Å². The van der Waals surface area contributed by atoms with Gasteiger partial charge in [0, 0.05) is 61.7 Å². The van der Waals surface area contributed by atoms with E-state index >= 15 is 0 Å². The van der Waals surface area contributed by atoms with Crippen LogP contribution in [0.3, 0.4) is 0 Å². The Morgan fingerprint density at radius 3 is 2.27 bits per heavy atom. The zero-order chi connectivity index (χ0) is 34.8. The van der Waals surface area contributed by atoms with E-state index in [0.29, 0.717) is 36.6 Å². The highest BCUT2D eigenvalue weighted by Crippen LogP contribution is 2.44. The number of primary amides is 1.